The molecule has 0 amide bonds. The Kier molecular flexibility index (Phi) is 6.75. The number of anilines is 1. The van der Waals surface area contributed by atoms with Crippen LogP contribution in [0.25, 0.3) is 0 Å². The first-order valence-electron chi connectivity index (χ1n) is 8.71. The van der Waals surface area contributed by atoms with Crippen LogP contribution in [0, 0.1) is 0 Å². The van der Waals surface area contributed by atoms with Crippen LogP contribution in [-0.4, -0.2) is 57.1 Å². The second-order valence-electron chi connectivity index (χ2n) is 6.50. The maximum absolute atomic E-state index is 12.5. The number of nitrogens with one attached hydrogen (secondary N) is 1. The quantitative estimate of drug-likeness (QED) is 0.654. The Morgan fingerprint density at radius 1 is 1.22 bits per heavy atom. The summed E-state index contributed by atoms with van der Waals surface area (Å²) in [5, 5.41) is -0.0326. The number of hydrogen-bond acceptors (Lipinski definition) is 5. The number of halogens is 2. The monoisotopic (exact) mass is 472 g/mol. The van der Waals surface area contributed by atoms with E-state index in [1.165, 1.54) is 18.0 Å². The van der Waals surface area contributed by atoms with Crippen LogP contribution in [0.15, 0.2) is 52.0 Å². The number of hydrogen-bond donors (Lipinski definition) is 1. The summed E-state index contributed by atoms with van der Waals surface area (Å²) < 4.78 is 28.3. The molecule has 0 bridgehead atoms. The van der Waals surface area contributed by atoms with Crippen molar-refractivity contribution in [3.8, 4) is 0 Å². The van der Waals surface area contributed by atoms with Gasteiger partial charge in [0, 0.05) is 55.1 Å². The van der Waals surface area contributed by atoms with E-state index < -0.39 is 10.0 Å². The second kappa shape index (κ2) is 8.87. The number of aromatic nitrogens is 1. The Balaban J connectivity index is 1.55. The number of sulfonamides is 1. The highest BCUT2D eigenvalue weighted by molar-refractivity contribution is 9.10. The first kappa shape index (κ1) is 20.5. The first-order valence-corrected chi connectivity index (χ1v) is 11.4. The summed E-state index contributed by atoms with van der Waals surface area (Å²) in [6.45, 7) is 5.96. The zero-order valence-electron chi connectivity index (χ0n) is 15.0. The molecule has 2 aromatic rings. The van der Waals surface area contributed by atoms with Gasteiger partial charge in [-0.25, -0.2) is 18.1 Å². The summed E-state index contributed by atoms with van der Waals surface area (Å²) in [5.74, 6) is 0. The number of rotatable bonds is 6. The zero-order valence-corrected chi connectivity index (χ0v) is 18.1. The molecule has 1 atom stereocenters. The van der Waals surface area contributed by atoms with E-state index in [4.69, 9.17) is 11.6 Å². The lowest BCUT2D eigenvalue weighted by Crippen LogP contribution is -2.52. The van der Waals surface area contributed by atoms with Gasteiger partial charge in [-0.2, -0.15) is 0 Å². The fourth-order valence-corrected chi connectivity index (χ4v) is 5.15. The van der Waals surface area contributed by atoms with Crippen LogP contribution in [0.3, 0.4) is 0 Å². The van der Waals surface area contributed by atoms with E-state index in [9.17, 15) is 8.42 Å². The van der Waals surface area contributed by atoms with Crippen LogP contribution in [0.1, 0.15) is 6.92 Å². The average Bonchev–Trinajstić information content (AvgIpc) is 2.69. The third-order valence-electron chi connectivity index (χ3n) is 4.69. The van der Waals surface area contributed by atoms with Gasteiger partial charge >= 0.3 is 0 Å². The van der Waals surface area contributed by atoms with Crippen LogP contribution < -0.4 is 9.62 Å². The summed E-state index contributed by atoms with van der Waals surface area (Å²) >= 11 is 9.18. The van der Waals surface area contributed by atoms with E-state index in [0.29, 0.717) is 11.0 Å². The van der Waals surface area contributed by atoms with Crippen molar-refractivity contribution < 1.29 is 8.42 Å². The number of piperazine rings is 1. The molecule has 0 radical (unpaired) electrons. The molecule has 146 valence electrons. The molecule has 27 heavy (non-hydrogen) atoms. The Bertz CT molecular complexity index is 874. The van der Waals surface area contributed by atoms with Crippen LogP contribution in [0.4, 0.5) is 5.69 Å². The van der Waals surface area contributed by atoms with E-state index >= 15 is 0 Å². The van der Waals surface area contributed by atoms with Crippen molar-refractivity contribution in [1.29, 1.82) is 0 Å². The van der Waals surface area contributed by atoms with Gasteiger partial charge in [0.2, 0.25) is 10.0 Å². The average molecular weight is 474 g/mol. The van der Waals surface area contributed by atoms with Crippen LogP contribution in [0.2, 0.25) is 5.15 Å². The van der Waals surface area contributed by atoms with E-state index in [-0.39, 0.29) is 16.1 Å². The van der Waals surface area contributed by atoms with Gasteiger partial charge in [0.1, 0.15) is 10.0 Å². The minimum absolute atomic E-state index is 0.0142. The maximum Gasteiger partial charge on any atom is 0.243 e. The minimum Gasteiger partial charge on any atom is -0.369 e. The van der Waals surface area contributed by atoms with Crippen molar-refractivity contribution in [1.82, 2.24) is 14.6 Å². The molecule has 1 unspecified atom stereocenters. The molecule has 1 aromatic heterocycles. The molecule has 1 aromatic carbocycles. The van der Waals surface area contributed by atoms with E-state index in [2.05, 4.69) is 47.6 Å². The van der Waals surface area contributed by atoms with Gasteiger partial charge in [0.05, 0.1) is 0 Å². The van der Waals surface area contributed by atoms with Crippen molar-refractivity contribution in [2.24, 2.45) is 0 Å². The highest BCUT2D eigenvalue weighted by Gasteiger charge is 2.24. The summed E-state index contributed by atoms with van der Waals surface area (Å²) in [6, 6.07) is 11.9. The number of benzene rings is 1. The van der Waals surface area contributed by atoms with E-state index in [0.717, 1.165) is 26.2 Å². The lowest BCUT2D eigenvalue weighted by atomic mass is 10.2. The van der Waals surface area contributed by atoms with Gasteiger partial charge < -0.3 is 4.90 Å². The van der Waals surface area contributed by atoms with Crippen molar-refractivity contribution in [3.05, 3.63) is 52.2 Å². The van der Waals surface area contributed by atoms with Crippen molar-refractivity contribution in [2.75, 3.05) is 37.6 Å². The van der Waals surface area contributed by atoms with Gasteiger partial charge in [-0.15, -0.1) is 0 Å². The molecule has 0 spiro atoms. The fraction of sp³-hybridized carbons (Fsp3) is 0.389. The van der Waals surface area contributed by atoms with Gasteiger partial charge in [-0.1, -0.05) is 29.8 Å². The molecular formula is C18H22BrClN4O2S. The summed E-state index contributed by atoms with van der Waals surface area (Å²) in [7, 11) is -3.71. The number of para-hydroxylation sites is 1. The van der Waals surface area contributed by atoms with Crippen LogP contribution in [0.5, 0.6) is 0 Å². The predicted molar refractivity (Wildman–Crippen MR) is 112 cm³/mol. The Morgan fingerprint density at radius 3 is 2.56 bits per heavy atom. The molecule has 6 nitrogen and oxygen atoms in total. The van der Waals surface area contributed by atoms with Crippen molar-refractivity contribution in [3.63, 3.8) is 0 Å². The lowest BCUT2D eigenvalue weighted by Gasteiger charge is -2.39. The fourth-order valence-electron chi connectivity index (χ4n) is 3.09. The molecule has 3 rings (SSSR count). The standard InChI is InChI=1S/C18H22BrClN4O2S/c1-14(12-22-27(25,26)17-11-15(19)13-21-18(17)20)23-7-9-24(10-8-23)16-5-3-2-4-6-16/h2-6,11,13-14,22H,7-10,12H2,1H3. The topological polar surface area (TPSA) is 65.5 Å². The van der Waals surface area contributed by atoms with Crippen LogP contribution >= 0.6 is 27.5 Å². The maximum atomic E-state index is 12.5. The predicted octanol–water partition coefficient (Wildman–Crippen LogP) is 2.99. The van der Waals surface area contributed by atoms with Crippen molar-refractivity contribution >= 4 is 43.2 Å². The third kappa shape index (κ3) is 5.20. The smallest absolute Gasteiger partial charge is 0.243 e. The third-order valence-corrected chi connectivity index (χ3v) is 6.97. The number of pyridine rings is 1. The summed E-state index contributed by atoms with van der Waals surface area (Å²) in [5.41, 5.74) is 1.22. The normalized spacial score (nSPS) is 17.1. The molecule has 0 saturated carbocycles. The lowest BCUT2D eigenvalue weighted by molar-refractivity contribution is 0.198. The second-order valence-corrected chi connectivity index (χ2v) is 9.51. The molecule has 1 saturated heterocycles. The van der Waals surface area contributed by atoms with E-state index in [1.807, 2.05) is 25.1 Å². The number of nitrogens with zero attached hydrogens (tertiary/aromatic N) is 3. The zero-order chi connectivity index (χ0) is 19.4. The van der Waals surface area contributed by atoms with Gasteiger partial charge in [0.25, 0.3) is 0 Å². The SMILES string of the molecule is CC(CNS(=O)(=O)c1cc(Br)cnc1Cl)N1CCN(c2ccccc2)CC1. The van der Waals surface area contributed by atoms with Gasteiger partial charge in [-0.05, 0) is 41.1 Å². The highest BCUT2D eigenvalue weighted by atomic mass is 79.9. The molecule has 9 heteroatoms. The van der Waals surface area contributed by atoms with Gasteiger partial charge in [0.15, 0.2) is 0 Å². The Labute approximate surface area is 173 Å². The summed E-state index contributed by atoms with van der Waals surface area (Å²) in [6.07, 6.45) is 1.47. The first-order chi connectivity index (χ1) is 12.9. The van der Waals surface area contributed by atoms with Gasteiger partial charge in [-0.3, -0.25) is 4.90 Å². The largest absolute Gasteiger partial charge is 0.369 e. The highest BCUT2D eigenvalue weighted by Crippen LogP contribution is 2.22. The molecule has 1 N–H and O–H groups in total. The van der Waals surface area contributed by atoms with E-state index in [1.54, 1.807) is 0 Å². The molecule has 2 heterocycles. The Morgan fingerprint density at radius 2 is 1.89 bits per heavy atom. The summed E-state index contributed by atoms with van der Waals surface area (Å²) in [4.78, 5) is 8.51. The molecule has 0 aliphatic carbocycles. The molecule has 1 aliphatic heterocycles. The van der Waals surface area contributed by atoms with Crippen LogP contribution in [-0.2, 0) is 10.0 Å². The Hall–Kier alpha value is -1.19. The minimum atomic E-state index is -3.71. The van der Waals surface area contributed by atoms with Crippen molar-refractivity contribution in [2.45, 2.75) is 17.9 Å². The molecule has 1 aliphatic rings. The molecular weight excluding hydrogens is 452 g/mol. The molecule has 1 fully saturated rings.